The van der Waals surface area contributed by atoms with Gasteiger partial charge in [0.15, 0.2) is 0 Å². The molecule has 92 valence electrons. The Balaban J connectivity index is 2.35. The second-order valence-electron chi connectivity index (χ2n) is 4.70. The summed E-state index contributed by atoms with van der Waals surface area (Å²) < 4.78 is 1.08. The van der Waals surface area contributed by atoms with Crippen LogP contribution < -0.4 is 10.6 Å². The molecule has 1 heterocycles. The zero-order chi connectivity index (χ0) is 12.6. The Morgan fingerprint density at radius 1 is 1.41 bits per heavy atom. The Morgan fingerprint density at radius 3 is 2.71 bits per heavy atom. The van der Waals surface area contributed by atoms with Crippen LogP contribution in [0.4, 0.5) is 5.69 Å². The molecule has 0 aromatic heterocycles. The quantitative estimate of drug-likeness (QED) is 0.911. The normalized spacial score (nSPS) is 20.1. The topological polar surface area (TPSA) is 46.3 Å². The molecule has 1 aliphatic rings. The summed E-state index contributed by atoms with van der Waals surface area (Å²) in [6, 6.07) is 4.13. The summed E-state index contributed by atoms with van der Waals surface area (Å²) in [6.45, 7) is 5.39. The van der Waals surface area contributed by atoms with E-state index in [1.165, 1.54) is 0 Å². The zero-order valence-electron chi connectivity index (χ0n) is 10.2. The minimum atomic E-state index is 0.185. The molecule has 1 fully saturated rings. The second-order valence-corrected chi connectivity index (χ2v) is 5.55. The third-order valence-electron chi connectivity index (χ3n) is 3.31. The van der Waals surface area contributed by atoms with Gasteiger partial charge in [0.05, 0.1) is 0 Å². The molecule has 1 atom stereocenters. The van der Waals surface area contributed by atoms with E-state index in [2.05, 4.69) is 28.1 Å². The Hall–Kier alpha value is -0.870. The van der Waals surface area contributed by atoms with Gasteiger partial charge < -0.3 is 10.6 Å². The number of nitrogens with two attached hydrogens (primary N) is 1. The van der Waals surface area contributed by atoms with Gasteiger partial charge in [-0.3, -0.25) is 4.79 Å². The Kier molecular flexibility index (Phi) is 3.54. The highest BCUT2D eigenvalue weighted by Crippen LogP contribution is 2.31. The molecular formula is C13H17BrN2O. The van der Waals surface area contributed by atoms with Gasteiger partial charge in [0.25, 0.3) is 0 Å². The van der Waals surface area contributed by atoms with Gasteiger partial charge in [-0.25, -0.2) is 0 Å². The number of carbonyl (C=O) groups excluding carboxylic acids is 1. The van der Waals surface area contributed by atoms with Gasteiger partial charge in [-0.15, -0.1) is 0 Å². The molecule has 1 aliphatic heterocycles. The number of carbonyl (C=O) groups is 1. The van der Waals surface area contributed by atoms with E-state index in [-0.39, 0.29) is 5.91 Å². The number of nitrogens with zero attached hydrogens (tertiary/aromatic N) is 1. The molecule has 4 heteroatoms. The van der Waals surface area contributed by atoms with E-state index in [9.17, 15) is 4.79 Å². The minimum Gasteiger partial charge on any atom is -0.330 e. The van der Waals surface area contributed by atoms with Crippen molar-refractivity contribution < 1.29 is 4.79 Å². The Morgan fingerprint density at radius 2 is 2.12 bits per heavy atom. The zero-order valence-corrected chi connectivity index (χ0v) is 11.8. The molecule has 0 spiro atoms. The lowest BCUT2D eigenvalue weighted by Gasteiger charge is -2.20. The standard InChI is InChI=1S/C13H17BrN2O/c1-8-4-12(9(2)3-11(8)14)16-7-10(6-15)5-13(16)17/h3-4,10H,5-7,15H2,1-2H3. The number of anilines is 1. The third-order valence-corrected chi connectivity index (χ3v) is 4.16. The summed E-state index contributed by atoms with van der Waals surface area (Å²) in [5.74, 6) is 0.483. The summed E-state index contributed by atoms with van der Waals surface area (Å²) in [5, 5.41) is 0. The summed E-state index contributed by atoms with van der Waals surface area (Å²) in [6.07, 6.45) is 0.574. The fourth-order valence-electron chi connectivity index (χ4n) is 2.23. The number of halogens is 1. The highest BCUT2D eigenvalue weighted by molar-refractivity contribution is 9.10. The van der Waals surface area contributed by atoms with Gasteiger partial charge in [0.1, 0.15) is 0 Å². The number of benzene rings is 1. The van der Waals surface area contributed by atoms with Crippen molar-refractivity contribution in [3.05, 3.63) is 27.7 Å². The molecule has 0 aliphatic carbocycles. The number of hydrogen-bond donors (Lipinski definition) is 1. The van der Waals surface area contributed by atoms with Crippen molar-refractivity contribution >= 4 is 27.5 Å². The molecule has 1 saturated heterocycles. The average Bonchev–Trinajstić information content (AvgIpc) is 2.65. The molecule has 3 nitrogen and oxygen atoms in total. The van der Waals surface area contributed by atoms with Gasteiger partial charge in [0, 0.05) is 23.1 Å². The highest BCUT2D eigenvalue weighted by atomic mass is 79.9. The maximum absolute atomic E-state index is 12.0. The molecular weight excluding hydrogens is 280 g/mol. The van der Waals surface area contributed by atoms with Crippen LogP contribution in [0.2, 0.25) is 0 Å². The lowest BCUT2D eigenvalue weighted by Crippen LogP contribution is -2.26. The van der Waals surface area contributed by atoms with Crippen LogP contribution in [0.25, 0.3) is 0 Å². The summed E-state index contributed by atoms with van der Waals surface area (Å²) in [4.78, 5) is 13.8. The van der Waals surface area contributed by atoms with Crippen molar-refractivity contribution in [3.63, 3.8) is 0 Å². The SMILES string of the molecule is Cc1cc(N2CC(CN)CC2=O)c(C)cc1Br. The van der Waals surface area contributed by atoms with E-state index in [0.29, 0.717) is 18.9 Å². The summed E-state index contributed by atoms with van der Waals surface area (Å²) >= 11 is 3.51. The number of hydrogen-bond acceptors (Lipinski definition) is 2. The summed E-state index contributed by atoms with van der Waals surface area (Å²) in [7, 11) is 0. The number of rotatable bonds is 2. The van der Waals surface area contributed by atoms with Crippen molar-refractivity contribution in [1.82, 2.24) is 0 Å². The monoisotopic (exact) mass is 296 g/mol. The lowest BCUT2D eigenvalue weighted by molar-refractivity contribution is -0.117. The van der Waals surface area contributed by atoms with E-state index in [0.717, 1.165) is 27.8 Å². The fraction of sp³-hybridized carbons (Fsp3) is 0.462. The van der Waals surface area contributed by atoms with E-state index < -0.39 is 0 Å². The molecule has 1 unspecified atom stereocenters. The predicted octanol–water partition coefficient (Wildman–Crippen LogP) is 2.38. The van der Waals surface area contributed by atoms with Crippen LogP contribution in [-0.4, -0.2) is 19.0 Å². The van der Waals surface area contributed by atoms with Crippen LogP contribution in [0.15, 0.2) is 16.6 Å². The molecule has 17 heavy (non-hydrogen) atoms. The van der Waals surface area contributed by atoms with Crippen LogP contribution in [-0.2, 0) is 4.79 Å². The Bertz CT molecular complexity index is 459. The first-order chi connectivity index (χ1) is 8.02. The molecule has 0 radical (unpaired) electrons. The lowest BCUT2D eigenvalue weighted by atomic mass is 10.1. The van der Waals surface area contributed by atoms with Crippen molar-refractivity contribution in [1.29, 1.82) is 0 Å². The molecule has 0 bridgehead atoms. The molecule has 1 amide bonds. The first-order valence-electron chi connectivity index (χ1n) is 5.80. The first-order valence-corrected chi connectivity index (χ1v) is 6.59. The van der Waals surface area contributed by atoms with Crippen LogP contribution in [0.1, 0.15) is 17.5 Å². The summed E-state index contributed by atoms with van der Waals surface area (Å²) in [5.41, 5.74) is 8.93. The second kappa shape index (κ2) is 4.78. The number of aryl methyl sites for hydroxylation is 2. The third kappa shape index (κ3) is 2.38. The van der Waals surface area contributed by atoms with Crippen molar-refractivity contribution in [2.24, 2.45) is 11.7 Å². The minimum absolute atomic E-state index is 0.185. The van der Waals surface area contributed by atoms with Gasteiger partial charge >= 0.3 is 0 Å². The number of amides is 1. The fourth-order valence-corrected chi connectivity index (χ4v) is 2.69. The van der Waals surface area contributed by atoms with E-state index >= 15 is 0 Å². The van der Waals surface area contributed by atoms with E-state index in [1.807, 2.05) is 18.7 Å². The van der Waals surface area contributed by atoms with Crippen LogP contribution >= 0.6 is 15.9 Å². The average molecular weight is 297 g/mol. The maximum atomic E-state index is 12.0. The van der Waals surface area contributed by atoms with Crippen LogP contribution in [0.5, 0.6) is 0 Å². The molecule has 2 rings (SSSR count). The Labute approximate surface area is 110 Å². The van der Waals surface area contributed by atoms with Crippen molar-refractivity contribution in [2.75, 3.05) is 18.0 Å². The highest BCUT2D eigenvalue weighted by Gasteiger charge is 2.30. The van der Waals surface area contributed by atoms with Crippen LogP contribution in [0.3, 0.4) is 0 Å². The van der Waals surface area contributed by atoms with Crippen molar-refractivity contribution in [3.8, 4) is 0 Å². The van der Waals surface area contributed by atoms with Crippen LogP contribution in [0, 0.1) is 19.8 Å². The molecule has 0 saturated carbocycles. The van der Waals surface area contributed by atoms with Gasteiger partial charge in [-0.1, -0.05) is 15.9 Å². The first kappa shape index (κ1) is 12.6. The maximum Gasteiger partial charge on any atom is 0.227 e. The van der Waals surface area contributed by atoms with E-state index in [1.54, 1.807) is 0 Å². The van der Waals surface area contributed by atoms with Gasteiger partial charge in [-0.2, -0.15) is 0 Å². The van der Waals surface area contributed by atoms with Crippen molar-refractivity contribution in [2.45, 2.75) is 20.3 Å². The largest absolute Gasteiger partial charge is 0.330 e. The van der Waals surface area contributed by atoms with E-state index in [4.69, 9.17) is 5.73 Å². The van der Waals surface area contributed by atoms with Gasteiger partial charge in [0.2, 0.25) is 5.91 Å². The van der Waals surface area contributed by atoms with Gasteiger partial charge in [-0.05, 0) is 49.6 Å². The molecule has 2 N–H and O–H groups in total. The molecule has 1 aromatic rings. The predicted molar refractivity (Wildman–Crippen MR) is 73.1 cm³/mol. The smallest absolute Gasteiger partial charge is 0.227 e. The molecule has 1 aromatic carbocycles.